The Labute approximate surface area is 355 Å². The minimum Gasteiger partial charge on any atom is -0.308 e. The Balaban J connectivity index is 1.19. The van der Waals surface area contributed by atoms with E-state index >= 15 is 0 Å². The van der Waals surface area contributed by atoms with Gasteiger partial charge in [-0.1, -0.05) is 200 Å². The van der Waals surface area contributed by atoms with Crippen LogP contribution in [0.1, 0.15) is 44.5 Å². The Morgan fingerprint density at radius 2 is 0.800 bits per heavy atom. The first-order valence-electron chi connectivity index (χ1n) is 20.8. The van der Waals surface area contributed by atoms with Gasteiger partial charge in [0.15, 0.2) is 0 Å². The molecule has 2 aliphatic carbocycles. The monoisotopic (exact) mass is 781 g/mol. The van der Waals surface area contributed by atoms with Crippen molar-refractivity contribution in [2.45, 2.75) is 10.8 Å². The average Bonchev–Trinajstić information content (AvgIpc) is 4.02. The van der Waals surface area contributed by atoms with Crippen LogP contribution in [0.15, 0.2) is 236 Å². The molecule has 1 heterocycles. The van der Waals surface area contributed by atoms with Crippen molar-refractivity contribution in [2.24, 2.45) is 0 Å². The van der Waals surface area contributed by atoms with E-state index in [4.69, 9.17) is 0 Å². The second kappa shape index (κ2) is 13.7. The molecule has 0 radical (unpaired) electrons. The summed E-state index contributed by atoms with van der Waals surface area (Å²) < 4.78 is 1.26. The normalized spacial score (nSPS) is 13.9. The SMILES string of the molecule is c1ccc(C2(c3ccccc3)c3ccccc3-c3ccc(N(c4cccc5c4-c4ccccc4C5(c4ccccc4)c4ccccc4)c4cccc5ccsc45)cc32)cc1. The number of hydrogen-bond acceptors (Lipinski definition) is 2. The fraction of sp³-hybridized carbons (Fsp3) is 0.0345. The average molecular weight is 782 g/mol. The molecule has 0 saturated carbocycles. The third kappa shape index (κ3) is 4.80. The smallest absolute Gasteiger partial charge is 0.0714 e. The topological polar surface area (TPSA) is 3.24 Å². The van der Waals surface area contributed by atoms with E-state index in [1.807, 2.05) is 11.3 Å². The molecule has 0 fully saturated rings. The van der Waals surface area contributed by atoms with Crippen LogP contribution in [0.5, 0.6) is 0 Å². The van der Waals surface area contributed by atoms with Gasteiger partial charge in [0.1, 0.15) is 0 Å². The van der Waals surface area contributed by atoms with Crippen molar-refractivity contribution in [3.63, 3.8) is 0 Å². The summed E-state index contributed by atoms with van der Waals surface area (Å²) in [6.07, 6.45) is 0. The van der Waals surface area contributed by atoms with Gasteiger partial charge in [-0.05, 0) is 102 Å². The molecule has 0 spiro atoms. The number of benzene rings is 9. The third-order valence-corrected chi connectivity index (χ3v) is 14.1. The minimum atomic E-state index is -0.522. The minimum absolute atomic E-state index is 0.513. The molecule has 282 valence electrons. The van der Waals surface area contributed by atoms with Gasteiger partial charge in [-0.3, -0.25) is 0 Å². The van der Waals surface area contributed by atoms with Crippen molar-refractivity contribution in [2.75, 3.05) is 4.90 Å². The van der Waals surface area contributed by atoms with Gasteiger partial charge in [-0.15, -0.1) is 11.3 Å². The summed E-state index contributed by atoms with van der Waals surface area (Å²) in [5.41, 5.74) is 17.7. The van der Waals surface area contributed by atoms with Crippen LogP contribution in [0.4, 0.5) is 17.1 Å². The van der Waals surface area contributed by atoms with Crippen LogP contribution in [-0.4, -0.2) is 0 Å². The molecule has 0 atom stereocenters. The zero-order valence-electron chi connectivity index (χ0n) is 32.9. The van der Waals surface area contributed by atoms with E-state index in [-0.39, 0.29) is 0 Å². The number of rotatable bonds is 7. The second-order valence-corrected chi connectivity index (χ2v) is 16.9. The predicted octanol–water partition coefficient (Wildman–Crippen LogP) is 15.1. The molecule has 10 aromatic rings. The van der Waals surface area contributed by atoms with Gasteiger partial charge in [0.25, 0.3) is 0 Å². The highest BCUT2D eigenvalue weighted by molar-refractivity contribution is 7.17. The van der Waals surface area contributed by atoms with Crippen LogP contribution in [0, 0.1) is 0 Å². The number of fused-ring (bicyclic) bond motifs is 7. The molecule has 0 aliphatic heterocycles. The highest BCUT2D eigenvalue weighted by atomic mass is 32.1. The summed E-state index contributed by atoms with van der Waals surface area (Å²) in [5, 5.41) is 3.47. The van der Waals surface area contributed by atoms with Crippen molar-refractivity contribution >= 4 is 38.5 Å². The fourth-order valence-electron chi connectivity index (χ4n) is 10.8. The lowest BCUT2D eigenvalue weighted by molar-refractivity contribution is 0.768. The molecule has 1 nitrogen and oxygen atoms in total. The lowest BCUT2D eigenvalue weighted by Gasteiger charge is -2.35. The van der Waals surface area contributed by atoms with E-state index in [2.05, 4.69) is 241 Å². The molecular weight excluding hydrogens is 743 g/mol. The second-order valence-electron chi connectivity index (χ2n) is 15.9. The van der Waals surface area contributed by atoms with Crippen LogP contribution >= 0.6 is 11.3 Å². The van der Waals surface area contributed by atoms with E-state index in [0.29, 0.717) is 0 Å². The summed E-state index contributed by atoms with van der Waals surface area (Å²) in [7, 11) is 0. The number of nitrogens with zero attached hydrogens (tertiary/aromatic N) is 1. The third-order valence-electron chi connectivity index (χ3n) is 13.1. The predicted molar refractivity (Wildman–Crippen MR) is 251 cm³/mol. The lowest BCUT2D eigenvalue weighted by Crippen LogP contribution is -2.29. The first-order valence-corrected chi connectivity index (χ1v) is 21.6. The largest absolute Gasteiger partial charge is 0.308 e. The van der Waals surface area contributed by atoms with Crippen LogP contribution in [0.3, 0.4) is 0 Å². The Bertz CT molecular complexity index is 3120. The van der Waals surface area contributed by atoms with Gasteiger partial charge in [0.05, 0.1) is 26.9 Å². The molecule has 2 heteroatoms. The molecule has 0 bridgehead atoms. The highest BCUT2D eigenvalue weighted by Gasteiger charge is 2.49. The Morgan fingerprint density at radius 3 is 1.42 bits per heavy atom. The highest BCUT2D eigenvalue weighted by Crippen LogP contribution is 2.61. The van der Waals surface area contributed by atoms with Crippen LogP contribution in [-0.2, 0) is 10.8 Å². The molecule has 12 rings (SSSR count). The quantitative estimate of drug-likeness (QED) is 0.156. The maximum Gasteiger partial charge on any atom is 0.0714 e. The summed E-state index contributed by atoms with van der Waals surface area (Å²) in [6.45, 7) is 0. The van der Waals surface area contributed by atoms with Gasteiger partial charge < -0.3 is 4.90 Å². The molecule has 0 N–H and O–H groups in total. The first-order chi connectivity index (χ1) is 29.8. The number of thiophene rings is 1. The Hall–Kier alpha value is -7.26. The van der Waals surface area contributed by atoms with Gasteiger partial charge in [0, 0.05) is 11.3 Å². The van der Waals surface area contributed by atoms with Gasteiger partial charge in [0.2, 0.25) is 0 Å². The van der Waals surface area contributed by atoms with Crippen molar-refractivity contribution in [3.8, 4) is 22.3 Å². The maximum atomic E-state index is 2.56. The van der Waals surface area contributed by atoms with E-state index in [9.17, 15) is 0 Å². The van der Waals surface area contributed by atoms with E-state index < -0.39 is 10.8 Å². The molecule has 1 aromatic heterocycles. The maximum absolute atomic E-state index is 2.56. The van der Waals surface area contributed by atoms with Crippen LogP contribution < -0.4 is 4.90 Å². The van der Waals surface area contributed by atoms with Crippen molar-refractivity contribution in [3.05, 3.63) is 280 Å². The fourth-order valence-corrected chi connectivity index (χ4v) is 11.7. The molecule has 0 unspecified atom stereocenters. The van der Waals surface area contributed by atoms with Crippen molar-refractivity contribution in [1.82, 2.24) is 0 Å². The summed E-state index contributed by atoms with van der Waals surface area (Å²) in [6, 6.07) is 85.8. The van der Waals surface area contributed by atoms with Crippen molar-refractivity contribution in [1.29, 1.82) is 0 Å². The van der Waals surface area contributed by atoms with Crippen molar-refractivity contribution < 1.29 is 0 Å². The molecule has 2 aliphatic rings. The number of anilines is 3. The zero-order chi connectivity index (χ0) is 39.7. The molecular formula is C58H39NS. The number of hydrogen-bond donors (Lipinski definition) is 0. The molecule has 60 heavy (non-hydrogen) atoms. The Morgan fingerprint density at radius 1 is 0.333 bits per heavy atom. The van der Waals surface area contributed by atoms with E-state index in [1.54, 1.807) is 0 Å². The van der Waals surface area contributed by atoms with Gasteiger partial charge in [-0.2, -0.15) is 0 Å². The van der Waals surface area contributed by atoms with Gasteiger partial charge >= 0.3 is 0 Å². The molecule has 0 saturated heterocycles. The molecule has 0 amide bonds. The zero-order valence-corrected chi connectivity index (χ0v) is 33.7. The molecule has 9 aromatic carbocycles. The standard InChI is InChI=1S/C58H39NS/c1-5-20-41(21-6-1)57(42-22-7-2-8-23-42)50-31-16-14-29-48(50)55-51(57)32-18-33-53(55)59(54-34-17-19-40-37-38-60-56(40)54)45-35-36-47-46-28-13-15-30-49(46)58(52(47)39-45,43-24-9-3-10-25-43)44-26-11-4-12-27-44/h1-39H. The first kappa shape index (κ1) is 34.8. The van der Waals surface area contributed by atoms with Gasteiger partial charge in [-0.25, -0.2) is 0 Å². The Kier molecular flexibility index (Phi) is 7.91. The summed E-state index contributed by atoms with van der Waals surface area (Å²) >= 11 is 1.81. The summed E-state index contributed by atoms with van der Waals surface area (Å²) in [4.78, 5) is 2.56. The van der Waals surface area contributed by atoms with E-state index in [0.717, 1.165) is 11.4 Å². The lowest BCUT2D eigenvalue weighted by atomic mass is 9.67. The van der Waals surface area contributed by atoms with E-state index in [1.165, 1.54) is 82.5 Å². The van der Waals surface area contributed by atoms with Crippen LogP contribution in [0.25, 0.3) is 32.3 Å². The summed E-state index contributed by atoms with van der Waals surface area (Å²) in [5.74, 6) is 0. The van der Waals surface area contributed by atoms with Crippen LogP contribution in [0.2, 0.25) is 0 Å².